The van der Waals surface area contributed by atoms with Gasteiger partial charge in [-0.1, -0.05) is 12.1 Å². The Morgan fingerprint density at radius 3 is 2.18 bits per heavy atom. The van der Waals surface area contributed by atoms with Gasteiger partial charge in [-0.25, -0.2) is 0 Å². The number of hydrogen-bond acceptors (Lipinski definition) is 4. The molecule has 2 rings (SSSR count). The van der Waals surface area contributed by atoms with E-state index < -0.39 is 0 Å². The summed E-state index contributed by atoms with van der Waals surface area (Å²) < 4.78 is 0. The Morgan fingerprint density at radius 1 is 1.06 bits per heavy atom. The maximum atomic E-state index is 11.9. The Balaban J connectivity index is 2.03. The molecule has 2 amide bonds. The van der Waals surface area contributed by atoms with E-state index in [1.54, 1.807) is 24.3 Å². The van der Waals surface area contributed by atoms with Gasteiger partial charge in [-0.2, -0.15) is 0 Å². The maximum Gasteiger partial charge on any atom is 0.261 e. The van der Waals surface area contributed by atoms with Gasteiger partial charge < -0.3 is 0 Å². The highest BCUT2D eigenvalue weighted by Gasteiger charge is 2.34. The zero-order valence-corrected chi connectivity index (χ0v) is 9.48. The summed E-state index contributed by atoms with van der Waals surface area (Å²) in [6.45, 7) is 1.14. The van der Waals surface area contributed by atoms with Gasteiger partial charge in [0.05, 0.1) is 11.1 Å². The van der Waals surface area contributed by atoms with Crippen LogP contribution in [0.4, 0.5) is 0 Å². The number of benzene rings is 1. The number of carbonyl (C=O) groups excluding carboxylic acids is 2. The highest BCUT2D eigenvalue weighted by atomic mass is 16.2. The molecule has 1 aliphatic rings. The van der Waals surface area contributed by atoms with Crippen LogP contribution in [0.3, 0.4) is 0 Å². The van der Waals surface area contributed by atoms with Crippen LogP contribution < -0.4 is 11.3 Å². The van der Waals surface area contributed by atoms with Crippen LogP contribution >= 0.6 is 0 Å². The quantitative estimate of drug-likeness (QED) is 0.336. The molecule has 0 saturated carbocycles. The van der Waals surface area contributed by atoms with E-state index in [1.807, 2.05) is 0 Å². The molecule has 0 atom stereocenters. The second-order valence-corrected chi connectivity index (χ2v) is 3.97. The van der Waals surface area contributed by atoms with E-state index in [0.717, 1.165) is 12.8 Å². The standard InChI is InChI=1S/C12H15N3O2/c13-14-7-3-4-8-15-11(16)9-5-1-2-6-10(9)12(15)17/h1-2,5-6,14H,3-4,7-8,13H2. The number of hydrazine groups is 1. The predicted octanol–water partition coefficient (Wildman–Crippen LogP) is 0.526. The Labute approximate surface area is 99.6 Å². The van der Waals surface area contributed by atoms with Gasteiger partial charge in [0.15, 0.2) is 0 Å². The van der Waals surface area contributed by atoms with Crippen LogP contribution in [-0.4, -0.2) is 29.8 Å². The summed E-state index contributed by atoms with van der Waals surface area (Å²) in [6, 6.07) is 6.92. The number of nitrogens with one attached hydrogen (secondary N) is 1. The van der Waals surface area contributed by atoms with Crippen molar-refractivity contribution in [1.82, 2.24) is 10.3 Å². The van der Waals surface area contributed by atoms with E-state index in [-0.39, 0.29) is 11.8 Å². The number of imide groups is 1. The number of unbranched alkanes of at least 4 members (excludes halogenated alkanes) is 1. The van der Waals surface area contributed by atoms with Crippen molar-refractivity contribution in [3.8, 4) is 0 Å². The van der Waals surface area contributed by atoms with Crippen molar-refractivity contribution in [2.75, 3.05) is 13.1 Å². The Bertz CT molecular complexity index is 410. The van der Waals surface area contributed by atoms with Gasteiger partial charge in [-0.15, -0.1) is 0 Å². The lowest BCUT2D eigenvalue weighted by atomic mass is 10.1. The third-order valence-electron chi connectivity index (χ3n) is 2.83. The molecule has 0 unspecified atom stereocenters. The van der Waals surface area contributed by atoms with Gasteiger partial charge in [-0.3, -0.25) is 25.8 Å². The second-order valence-electron chi connectivity index (χ2n) is 3.97. The smallest absolute Gasteiger partial charge is 0.261 e. The molecule has 3 N–H and O–H groups in total. The van der Waals surface area contributed by atoms with Gasteiger partial charge >= 0.3 is 0 Å². The fourth-order valence-electron chi connectivity index (χ4n) is 1.94. The molecule has 1 aromatic rings. The molecule has 0 saturated heterocycles. The fourth-order valence-corrected chi connectivity index (χ4v) is 1.94. The number of rotatable bonds is 5. The summed E-state index contributed by atoms with van der Waals surface area (Å²) in [5, 5.41) is 0. The number of hydrogen-bond donors (Lipinski definition) is 2. The minimum absolute atomic E-state index is 0.189. The summed E-state index contributed by atoms with van der Waals surface area (Å²) in [5.74, 6) is 4.77. The van der Waals surface area contributed by atoms with Gasteiger partial charge in [0.1, 0.15) is 0 Å². The molecule has 0 radical (unpaired) electrons. The number of nitrogens with zero attached hydrogens (tertiary/aromatic N) is 1. The molecule has 0 aromatic heterocycles. The lowest BCUT2D eigenvalue weighted by Crippen LogP contribution is -2.31. The van der Waals surface area contributed by atoms with E-state index >= 15 is 0 Å². The molecule has 1 aromatic carbocycles. The molecule has 17 heavy (non-hydrogen) atoms. The highest BCUT2D eigenvalue weighted by Crippen LogP contribution is 2.22. The van der Waals surface area contributed by atoms with Crippen molar-refractivity contribution >= 4 is 11.8 Å². The lowest BCUT2D eigenvalue weighted by molar-refractivity contribution is 0.0652. The summed E-state index contributed by atoms with van der Waals surface area (Å²) >= 11 is 0. The van der Waals surface area contributed by atoms with Gasteiger partial charge in [0, 0.05) is 13.1 Å². The largest absolute Gasteiger partial charge is 0.274 e. The average Bonchev–Trinajstić information content (AvgIpc) is 2.60. The van der Waals surface area contributed by atoms with Crippen LogP contribution in [0.15, 0.2) is 24.3 Å². The zero-order valence-electron chi connectivity index (χ0n) is 9.48. The minimum Gasteiger partial charge on any atom is -0.274 e. The summed E-state index contributed by atoms with van der Waals surface area (Å²) in [4.78, 5) is 25.2. The van der Waals surface area contributed by atoms with Gasteiger partial charge in [0.2, 0.25) is 0 Å². The average molecular weight is 233 g/mol. The lowest BCUT2D eigenvalue weighted by Gasteiger charge is -2.13. The first-order chi connectivity index (χ1) is 8.25. The Hall–Kier alpha value is -1.72. The summed E-state index contributed by atoms with van der Waals surface area (Å²) in [7, 11) is 0. The number of amides is 2. The topological polar surface area (TPSA) is 75.4 Å². The molecule has 0 spiro atoms. The normalized spacial score (nSPS) is 14.3. The van der Waals surface area contributed by atoms with Crippen LogP contribution in [0.25, 0.3) is 0 Å². The summed E-state index contributed by atoms with van der Waals surface area (Å²) in [6.07, 6.45) is 1.60. The first-order valence-electron chi connectivity index (χ1n) is 5.64. The Morgan fingerprint density at radius 2 is 1.65 bits per heavy atom. The molecule has 1 aliphatic heterocycles. The SMILES string of the molecule is NNCCCCN1C(=O)c2ccccc2C1=O. The molecular formula is C12H15N3O2. The zero-order chi connectivity index (χ0) is 12.3. The monoisotopic (exact) mass is 233 g/mol. The number of fused-ring (bicyclic) bond motifs is 1. The summed E-state index contributed by atoms with van der Waals surface area (Å²) in [5.41, 5.74) is 3.56. The van der Waals surface area contributed by atoms with Crippen molar-refractivity contribution in [2.24, 2.45) is 5.84 Å². The first kappa shape index (κ1) is 11.8. The molecule has 0 bridgehead atoms. The van der Waals surface area contributed by atoms with Crippen molar-refractivity contribution in [2.45, 2.75) is 12.8 Å². The third-order valence-corrected chi connectivity index (χ3v) is 2.83. The molecule has 0 aliphatic carbocycles. The van der Waals surface area contributed by atoms with Gasteiger partial charge in [-0.05, 0) is 25.0 Å². The maximum absolute atomic E-state index is 11.9. The molecule has 1 heterocycles. The van der Waals surface area contributed by atoms with Crippen LogP contribution in [-0.2, 0) is 0 Å². The van der Waals surface area contributed by atoms with E-state index in [2.05, 4.69) is 5.43 Å². The first-order valence-corrected chi connectivity index (χ1v) is 5.64. The highest BCUT2D eigenvalue weighted by molar-refractivity contribution is 6.21. The fraction of sp³-hybridized carbons (Fsp3) is 0.333. The van der Waals surface area contributed by atoms with Gasteiger partial charge in [0.25, 0.3) is 11.8 Å². The van der Waals surface area contributed by atoms with Crippen molar-refractivity contribution in [3.05, 3.63) is 35.4 Å². The number of nitrogens with two attached hydrogens (primary N) is 1. The predicted molar refractivity (Wildman–Crippen MR) is 63.2 cm³/mol. The molecule has 5 nitrogen and oxygen atoms in total. The van der Waals surface area contributed by atoms with E-state index in [1.165, 1.54) is 4.90 Å². The Kier molecular flexibility index (Phi) is 3.51. The van der Waals surface area contributed by atoms with Crippen molar-refractivity contribution < 1.29 is 9.59 Å². The molecule has 0 fully saturated rings. The van der Waals surface area contributed by atoms with Crippen LogP contribution in [0.5, 0.6) is 0 Å². The molecular weight excluding hydrogens is 218 g/mol. The van der Waals surface area contributed by atoms with E-state index in [0.29, 0.717) is 24.2 Å². The van der Waals surface area contributed by atoms with Crippen molar-refractivity contribution in [1.29, 1.82) is 0 Å². The molecule has 5 heteroatoms. The van der Waals surface area contributed by atoms with E-state index in [9.17, 15) is 9.59 Å². The minimum atomic E-state index is -0.189. The van der Waals surface area contributed by atoms with Crippen LogP contribution in [0.1, 0.15) is 33.6 Å². The van der Waals surface area contributed by atoms with Crippen LogP contribution in [0.2, 0.25) is 0 Å². The van der Waals surface area contributed by atoms with Crippen molar-refractivity contribution in [3.63, 3.8) is 0 Å². The number of carbonyl (C=O) groups is 2. The van der Waals surface area contributed by atoms with E-state index in [4.69, 9.17) is 5.84 Å². The third kappa shape index (κ3) is 2.20. The van der Waals surface area contributed by atoms with Crippen LogP contribution in [0, 0.1) is 0 Å². The molecule has 90 valence electrons. The second kappa shape index (κ2) is 5.07.